The minimum Gasteiger partial charge on any atom is -0.488 e. The molecule has 0 amide bonds. The maximum atomic E-state index is 12.9. The number of piperidine rings is 1. The summed E-state index contributed by atoms with van der Waals surface area (Å²) in [6.45, 7) is 8.14. The van der Waals surface area contributed by atoms with Crippen molar-refractivity contribution in [3.05, 3.63) is 58.7 Å². The highest BCUT2D eigenvalue weighted by molar-refractivity contribution is 7.85. The molecule has 2 aromatic carbocycles. The number of nitrogens with one attached hydrogen (secondary N) is 3. The number of ether oxygens (including phenoxy) is 1. The zero-order chi connectivity index (χ0) is 26.6. The van der Waals surface area contributed by atoms with Crippen molar-refractivity contribution in [1.82, 2.24) is 15.3 Å². The van der Waals surface area contributed by atoms with Crippen LogP contribution < -0.4 is 20.7 Å². The molecule has 202 valence electrons. The second-order valence-electron chi connectivity index (χ2n) is 10.4. The summed E-state index contributed by atoms with van der Waals surface area (Å²) in [6.07, 6.45) is 7.46. The molecule has 3 N–H and O–H groups in total. The number of nitrogens with zero attached hydrogens (tertiary/aromatic N) is 2. The number of benzene rings is 2. The molecule has 7 nitrogen and oxygen atoms in total. The second-order valence-corrected chi connectivity index (χ2v) is 12.8. The van der Waals surface area contributed by atoms with E-state index in [0.717, 1.165) is 50.2 Å². The van der Waals surface area contributed by atoms with Crippen molar-refractivity contribution in [3.8, 4) is 5.75 Å². The van der Waals surface area contributed by atoms with Crippen molar-refractivity contribution < 1.29 is 8.95 Å². The minimum absolute atomic E-state index is 0.0128. The van der Waals surface area contributed by atoms with Crippen LogP contribution in [0.5, 0.6) is 5.75 Å². The van der Waals surface area contributed by atoms with Crippen LogP contribution >= 0.6 is 11.6 Å². The van der Waals surface area contributed by atoms with E-state index < -0.39 is 10.8 Å². The summed E-state index contributed by atoms with van der Waals surface area (Å²) in [5.41, 5.74) is 4.15. The number of hydrogen-bond donors (Lipinski definition) is 3. The first kappa shape index (κ1) is 26.9. The Kier molecular flexibility index (Phi) is 8.51. The van der Waals surface area contributed by atoms with E-state index in [9.17, 15) is 4.21 Å². The van der Waals surface area contributed by atoms with Gasteiger partial charge in [0.25, 0.3) is 0 Å². The Hall–Kier alpha value is -2.68. The van der Waals surface area contributed by atoms with Crippen molar-refractivity contribution in [2.45, 2.75) is 75.0 Å². The molecule has 2 heterocycles. The summed E-state index contributed by atoms with van der Waals surface area (Å²) < 4.78 is 19.3. The van der Waals surface area contributed by atoms with Crippen LogP contribution in [0.4, 0.5) is 23.1 Å². The first-order valence-corrected chi connectivity index (χ1v) is 15.1. The highest BCUT2D eigenvalue weighted by atomic mass is 35.5. The summed E-state index contributed by atoms with van der Waals surface area (Å²) in [7, 11) is -1.16. The van der Waals surface area contributed by atoms with Crippen LogP contribution in [0.15, 0.2) is 47.5 Å². The van der Waals surface area contributed by atoms with E-state index in [1.54, 1.807) is 6.20 Å². The van der Waals surface area contributed by atoms with E-state index in [0.29, 0.717) is 33.3 Å². The Morgan fingerprint density at radius 2 is 1.84 bits per heavy atom. The fraction of sp³-hybridized carbons (Fsp3) is 0.448. The summed E-state index contributed by atoms with van der Waals surface area (Å²) >= 11 is 6.48. The quantitative estimate of drug-likeness (QED) is 0.267. The van der Waals surface area contributed by atoms with Gasteiger partial charge in [-0.2, -0.15) is 4.98 Å². The number of aryl methyl sites for hydroxylation is 1. The molecule has 1 unspecified atom stereocenters. The number of aromatic nitrogens is 2. The maximum Gasteiger partial charge on any atom is 0.229 e. The second kappa shape index (κ2) is 12.0. The smallest absolute Gasteiger partial charge is 0.229 e. The molecule has 0 bridgehead atoms. The first-order chi connectivity index (χ1) is 18.4. The fourth-order valence-electron chi connectivity index (χ4n) is 4.90. The SMILES string of the molecule is Cc1cc(Nc2ncc(Cl)c(Nc3ccccc3S(=O)C(C)C)n2)c(OC2CCC2)cc1C1CCNCC1. The van der Waals surface area contributed by atoms with Gasteiger partial charge in [-0.25, -0.2) is 4.98 Å². The zero-order valence-electron chi connectivity index (χ0n) is 22.2. The lowest BCUT2D eigenvalue weighted by Gasteiger charge is -2.30. The van der Waals surface area contributed by atoms with Gasteiger partial charge in [0.05, 0.1) is 39.4 Å². The summed E-state index contributed by atoms with van der Waals surface area (Å²) in [5, 5.41) is 10.5. The average Bonchev–Trinajstić information content (AvgIpc) is 2.89. The Morgan fingerprint density at radius 1 is 1.08 bits per heavy atom. The standard InChI is InChI=1S/C29H36ClN5O2S/c1-18(2)38(36)27-10-5-4-9-24(27)33-28-23(30)17-32-29(35-28)34-25-15-19(3)22(20-11-13-31-14-12-20)16-26(25)37-21-7-6-8-21/h4-5,9-10,15-18,20-21,31H,6-8,11-14H2,1-3H3,(H2,32,33,34,35). The van der Waals surface area contributed by atoms with Gasteiger partial charge >= 0.3 is 0 Å². The van der Waals surface area contributed by atoms with Gasteiger partial charge in [-0.1, -0.05) is 37.6 Å². The molecule has 38 heavy (non-hydrogen) atoms. The van der Waals surface area contributed by atoms with Gasteiger partial charge in [0, 0.05) is 5.25 Å². The predicted octanol–water partition coefficient (Wildman–Crippen LogP) is 6.84. The summed E-state index contributed by atoms with van der Waals surface area (Å²) in [4.78, 5) is 9.83. The Labute approximate surface area is 232 Å². The largest absolute Gasteiger partial charge is 0.488 e. The van der Waals surface area contributed by atoms with Gasteiger partial charge < -0.3 is 20.7 Å². The van der Waals surface area contributed by atoms with Crippen LogP contribution in [0.25, 0.3) is 0 Å². The van der Waals surface area contributed by atoms with Gasteiger partial charge in [0.15, 0.2) is 5.82 Å². The lowest BCUT2D eigenvalue weighted by atomic mass is 9.87. The molecule has 0 spiro atoms. The predicted molar refractivity (Wildman–Crippen MR) is 156 cm³/mol. The van der Waals surface area contributed by atoms with Crippen LogP contribution in [0.2, 0.25) is 5.02 Å². The third-order valence-electron chi connectivity index (χ3n) is 7.27. The van der Waals surface area contributed by atoms with Gasteiger partial charge in [-0.05, 0) is 93.4 Å². The summed E-state index contributed by atoms with van der Waals surface area (Å²) in [6, 6.07) is 11.9. The molecule has 1 aliphatic carbocycles. The van der Waals surface area contributed by atoms with E-state index in [-0.39, 0.29) is 11.4 Å². The van der Waals surface area contributed by atoms with Crippen molar-refractivity contribution in [3.63, 3.8) is 0 Å². The monoisotopic (exact) mass is 553 g/mol. The number of halogens is 1. The lowest BCUT2D eigenvalue weighted by molar-refractivity contribution is 0.121. The Bertz CT molecular complexity index is 1310. The summed E-state index contributed by atoms with van der Waals surface area (Å²) in [5.74, 6) is 2.24. The molecule has 0 radical (unpaired) electrons. The Balaban J connectivity index is 1.43. The van der Waals surface area contributed by atoms with Crippen LogP contribution in [0.3, 0.4) is 0 Å². The number of anilines is 4. The molecule has 2 aliphatic rings. The normalized spacial score (nSPS) is 17.2. The molecular weight excluding hydrogens is 518 g/mol. The van der Waals surface area contributed by atoms with Gasteiger partial charge in [0.2, 0.25) is 5.95 Å². The Morgan fingerprint density at radius 3 is 2.55 bits per heavy atom. The lowest BCUT2D eigenvalue weighted by Crippen LogP contribution is -2.27. The van der Waals surface area contributed by atoms with Gasteiger partial charge in [-0.3, -0.25) is 4.21 Å². The zero-order valence-corrected chi connectivity index (χ0v) is 23.8. The highest BCUT2D eigenvalue weighted by Gasteiger charge is 2.24. The van der Waals surface area contributed by atoms with Crippen molar-refractivity contribution >= 4 is 45.5 Å². The van der Waals surface area contributed by atoms with Crippen LogP contribution in [0, 0.1) is 6.92 Å². The molecule has 1 atom stereocenters. The number of para-hydroxylation sites is 1. The number of hydrogen-bond acceptors (Lipinski definition) is 7. The molecule has 5 rings (SSSR count). The van der Waals surface area contributed by atoms with Gasteiger partial charge in [-0.15, -0.1) is 0 Å². The van der Waals surface area contributed by atoms with Crippen molar-refractivity contribution in [2.24, 2.45) is 0 Å². The maximum absolute atomic E-state index is 12.9. The van der Waals surface area contributed by atoms with Gasteiger partial charge in [0.1, 0.15) is 10.8 Å². The fourth-order valence-corrected chi connectivity index (χ4v) is 6.10. The molecule has 1 saturated carbocycles. The minimum atomic E-state index is -1.16. The van der Waals surface area contributed by atoms with E-state index in [1.165, 1.54) is 17.5 Å². The molecule has 9 heteroatoms. The van der Waals surface area contributed by atoms with E-state index >= 15 is 0 Å². The van der Waals surface area contributed by atoms with Crippen molar-refractivity contribution in [1.29, 1.82) is 0 Å². The van der Waals surface area contributed by atoms with E-state index in [1.807, 2.05) is 38.1 Å². The van der Waals surface area contributed by atoms with Crippen LogP contribution in [-0.4, -0.2) is 38.6 Å². The average molecular weight is 554 g/mol. The highest BCUT2D eigenvalue weighted by Crippen LogP contribution is 2.39. The van der Waals surface area contributed by atoms with E-state index in [4.69, 9.17) is 16.3 Å². The molecule has 3 aromatic rings. The molecule has 1 saturated heterocycles. The molecule has 1 aromatic heterocycles. The topological polar surface area (TPSA) is 88.2 Å². The first-order valence-electron chi connectivity index (χ1n) is 13.5. The molecule has 2 fully saturated rings. The third kappa shape index (κ3) is 6.14. The third-order valence-corrected chi connectivity index (χ3v) is 9.19. The van der Waals surface area contributed by atoms with E-state index in [2.05, 4.69) is 45.0 Å². The molecular formula is C29H36ClN5O2S. The molecule has 1 aliphatic heterocycles. The van der Waals surface area contributed by atoms with Crippen LogP contribution in [-0.2, 0) is 10.8 Å². The van der Waals surface area contributed by atoms with Crippen LogP contribution in [0.1, 0.15) is 63.0 Å². The van der Waals surface area contributed by atoms with Crippen molar-refractivity contribution in [2.75, 3.05) is 23.7 Å². The number of rotatable bonds is 9.